The van der Waals surface area contributed by atoms with Crippen molar-refractivity contribution in [3.05, 3.63) is 11.4 Å². The van der Waals surface area contributed by atoms with Gasteiger partial charge in [0, 0.05) is 13.1 Å². The summed E-state index contributed by atoms with van der Waals surface area (Å²) in [5.74, 6) is -0.504. The molecule has 0 unspecified atom stereocenters. The molecule has 2 rings (SSSR count). The van der Waals surface area contributed by atoms with E-state index in [-0.39, 0.29) is 18.1 Å². The summed E-state index contributed by atoms with van der Waals surface area (Å²) in [5, 5.41) is 7.74. The Kier molecular flexibility index (Phi) is 4.29. The number of carbonyl (C=O) groups excluding carboxylic acids is 2. The monoisotopic (exact) mass is 294 g/mol. The van der Waals surface area contributed by atoms with Crippen molar-refractivity contribution in [2.24, 2.45) is 0 Å². The number of amides is 1. The van der Waals surface area contributed by atoms with Crippen LogP contribution in [0.4, 0.5) is 0 Å². The quantitative estimate of drug-likeness (QED) is 0.782. The Balaban J connectivity index is 2.06. The second-order valence-corrected chi connectivity index (χ2v) is 6.27. The Morgan fingerprint density at radius 3 is 2.43 bits per heavy atom. The highest BCUT2D eigenvalue weighted by atomic mass is 16.6. The molecule has 1 aliphatic rings. The van der Waals surface area contributed by atoms with E-state index in [0.717, 1.165) is 25.9 Å². The van der Waals surface area contributed by atoms with Crippen LogP contribution < -0.4 is 0 Å². The number of aromatic nitrogens is 3. The topological polar surface area (TPSA) is 77.3 Å². The SMILES string of the molecule is Cc1c(C(=O)OC(C)(C)C)nnn1CC(=O)N1CCCC1. The van der Waals surface area contributed by atoms with Crippen LogP contribution in [0.25, 0.3) is 0 Å². The Bertz CT molecular complexity index is 539. The molecule has 21 heavy (non-hydrogen) atoms. The van der Waals surface area contributed by atoms with Gasteiger partial charge in [-0.1, -0.05) is 5.21 Å². The van der Waals surface area contributed by atoms with Gasteiger partial charge in [0.05, 0.1) is 5.69 Å². The molecule has 1 aliphatic heterocycles. The van der Waals surface area contributed by atoms with Crippen LogP contribution in [0, 0.1) is 6.92 Å². The first-order chi connectivity index (χ1) is 9.78. The molecule has 1 fully saturated rings. The van der Waals surface area contributed by atoms with E-state index in [1.165, 1.54) is 4.68 Å². The van der Waals surface area contributed by atoms with E-state index in [0.29, 0.717) is 5.69 Å². The Morgan fingerprint density at radius 2 is 1.86 bits per heavy atom. The molecule has 0 aromatic carbocycles. The lowest BCUT2D eigenvalue weighted by Gasteiger charge is -2.18. The highest BCUT2D eigenvalue weighted by Gasteiger charge is 2.25. The summed E-state index contributed by atoms with van der Waals surface area (Å²) < 4.78 is 6.73. The van der Waals surface area contributed by atoms with Gasteiger partial charge in [-0.3, -0.25) is 4.79 Å². The predicted octanol–water partition coefficient (Wildman–Crippen LogP) is 1.16. The zero-order valence-electron chi connectivity index (χ0n) is 13.0. The Morgan fingerprint density at radius 1 is 1.24 bits per heavy atom. The Labute approximate surface area is 124 Å². The molecule has 1 aromatic heterocycles. The molecule has 116 valence electrons. The van der Waals surface area contributed by atoms with E-state index >= 15 is 0 Å². The molecule has 7 heteroatoms. The largest absolute Gasteiger partial charge is 0.455 e. The summed E-state index contributed by atoms with van der Waals surface area (Å²) in [6.07, 6.45) is 2.09. The lowest BCUT2D eigenvalue weighted by molar-refractivity contribution is -0.131. The molecule has 1 saturated heterocycles. The van der Waals surface area contributed by atoms with E-state index in [9.17, 15) is 9.59 Å². The molecule has 0 saturated carbocycles. The predicted molar refractivity (Wildman–Crippen MR) is 75.7 cm³/mol. The van der Waals surface area contributed by atoms with Crippen molar-refractivity contribution in [3.63, 3.8) is 0 Å². The smallest absolute Gasteiger partial charge is 0.361 e. The summed E-state index contributed by atoms with van der Waals surface area (Å²) in [7, 11) is 0. The third kappa shape index (κ3) is 3.80. The minimum absolute atomic E-state index is 0.0104. The van der Waals surface area contributed by atoms with Crippen LogP contribution in [0.3, 0.4) is 0 Å². The van der Waals surface area contributed by atoms with Crippen LogP contribution in [-0.2, 0) is 16.1 Å². The molecule has 0 spiro atoms. The van der Waals surface area contributed by atoms with E-state index in [2.05, 4.69) is 10.3 Å². The molecule has 0 N–H and O–H groups in total. The Hall–Kier alpha value is -1.92. The molecule has 1 aromatic rings. The standard InChI is InChI=1S/C14H22N4O3/c1-10-12(13(20)21-14(2,3)4)15-16-18(10)9-11(19)17-7-5-6-8-17/h5-9H2,1-4H3. The lowest BCUT2D eigenvalue weighted by Crippen LogP contribution is -2.31. The highest BCUT2D eigenvalue weighted by molar-refractivity contribution is 5.88. The van der Waals surface area contributed by atoms with Gasteiger partial charge < -0.3 is 9.64 Å². The van der Waals surface area contributed by atoms with E-state index in [1.54, 1.807) is 27.7 Å². The first-order valence-corrected chi connectivity index (χ1v) is 7.19. The second kappa shape index (κ2) is 5.83. The molecular weight excluding hydrogens is 272 g/mol. The number of hydrogen-bond acceptors (Lipinski definition) is 5. The number of nitrogens with zero attached hydrogens (tertiary/aromatic N) is 4. The van der Waals surface area contributed by atoms with Gasteiger partial charge >= 0.3 is 5.97 Å². The number of carbonyl (C=O) groups is 2. The molecular formula is C14H22N4O3. The third-order valence-corrected chi connectivity index (χ3v) is 3.32. The van der Waals surface area contributed by atoms with Gasteiger partial charge in [-0.15, -0.1) is 5.10 Å². The summed E-state index contributed by atoms with van der Waals surface area (Å²) in [4.78, 5) is 25.9. The fourth-order valence-corrected chi connectivity index (χ4v) is 2.22. The number of rotatable bonds is 3. The van der Waals surface area contributed by atoms with Crippen molar-refractivity contribution >= 4 is 11.9 Å². The molecule has 0 bridgehead atoms. The van der Waals surface area contributed by atoms with Crippen LogP contribution in [0.15, 0.2) is 0 Å². The zero-order valence-corrected chi connectivity index (χ0v) is 13.0. The van der Waals surface area contributed by atoms with Crippen LogP contribution in [0.1, 0.15) is 49.8 Å². The maximum atomic E-state index is 12.1. The molecule has 2 heterocycles. The fraction of sp³-hybridized carbons (Fsp3) is 0.714. The molecule has 0 radical (unpaired) electrons. The van der Waals surface area contributed by atoms with Gasteiger partial charge in [-0.05, 0) is 40.5 Å². The van der Waals surface area contributed by atoms with Gasteiger partial charge in [-0.25, -0.2) is 9.48 Å². The number of esters is 1. The van der Waals surface area contributed by atoms with Crippen LogP contribution in [0.5, 0.6) is 0 Å². The van der Waals surface area contributed by atoms with Crippen molar-refractivity contribution in [2.45, 2.75) is 52.7 Å². The maximum absolute atomic E-state index is 12.1. The zero-order chi connectivity index (χ0) is 15.6. The minimum Gasteiger partial charge on any atom is -0.455 e. The van der Waals surface area contributed by atoms with Crippen LogP contribution in [0.2, 0.25) is 0 Å². The van der Waals surface area contributed by atoms with E-state index in [4.69, 9.17) is 4.74 Å². The molecule has 1 amide bonds. The normalized spacial score (nSPS) is 15.3. The number of likely N-dealkylation sites (tertiary alicyclic amines) is 1. The van der Waals surface area contributed by atoms with Gasteiger partial charge in [0.1, 0.15) is 12.1 Å². The second-order valence-electron chi connectivity index (χ2n) is 6.27. The van der Waals surface area contributed by atoms with E-state index in [1.807, 2.05) is 4.90 Å². The molecule has 7 nitrogen and oxygen atoms in total. The maximum Gasteiger partial charge on any atom is 0.361 e. The average Bonchev–Trinajstić information content (AvgIpc) is 2.98. The third-order valence-electron chi connectivity index (χ3n) is 3.32. The van der Waals surface area contributed by atoms with Crippen molar-refractivity contribution in [1.82, 2.24) is 19.9 Å². The number of hydrogen-bond donors (Lipinski definition) is 0. The molecule has 0 atom stereocenters. The first kappa shape index (κ1) is 15.5. The average molecular weight is 294 g/mol. The lowest BCUT2D eigenvalue weighted by atomic mass is 10.2. The number of ether oxygens (including phenoxy) is 1. The highest BCUT2D eigenvalue weighted by Crippen LogP contribution is 2.14. The van der Waals surface area contributed by atoms with Crippen molar-refractivity contribution in [2.75, 3.05) is 13.1 Å². The summed E-state index contributed by atoms with van der Waals surface area (Å²) in [6, 6.07) is 0. The van der Waals surface area contributed by atoms with Crippen molar-refractivity contribution in [3.8, 4) is 0 Å². The van der Waals surface area contributed by atoms with Gasteiger partial charge in [0.2, 0.25) is 5.91 Å². The van der Waals surface area contributed by atoms with Gasteiger partial charge in [0.15, 0.2) is 5.69 Å². The van der Waals surface area contributed by atoms with Gasteiger partial charge in [-0.2, -0.15) is 0 Å². The summed E-state index contributed by atoms with van der Waals surface area (Å²) >= 11 is 0. The minimum atomic E-state index is -0.585. The fourth-order valence-electron chi connectivity index (χ4n) is 2.22. The van der Waals surface area contributed by atoms with Gasteiger partial charge in [0.25, 0.3) is 0 Å². The van der Waals surface area contributed by atoms with Crippen LogP contribution in [-0.4, -0.2) is 50.5 Å². The summed E-state index contributed by atoms with van der Waals surface area (Å²) in [6.45, 7) is 8.81. The molecule has 0 aliphatic carbocycles. The van der Waals surface area contributed by atoms with Crippen LogP contribution >= 0.6 is 0 Å². The van der Waals surface area contributed by atoms with E-state index < -0.39 is 11.6 Å². The van der Waals surface area contributed by atoms with Crippen molar-refractivity contribution < 1.29 is 14.3 Å². The summed E-state index contributed by atoms with van der Waals surface area (Å²) in [5.41, 5.74) is 0.134. The first-order valence-electron chi connectivity index (χ1n) is 7.19. The van der Waals surface area contributed by atoms with Crippen molar-refractivity contribution in [1.29, 1.82) is 0 Å².